The average Bonchev–Trinajstić information content (AvgIpc) is 3.24. The number of aliphatic hydroxyl groups is 1. The number of carbonyl (C=O) groups is 3. The Balaban J connectivity index is 0.000000288. The van der Waals surface area contributed by atoms with Crippen molar-refractivity contribution in [1.82, 2.24) is 20.4 Å². The van der Waals surface area contributed by atoms with Gasteiger partial charge in [0.15, 0.2) is 25.5 Å². The van der Waals surface area contributed by atoms with Crippen molar-refractivity contribution in [2.45, 2.75) is 80.3 Å². The molecule has 1 unspecified atom stereocenters. The average molecular weight is 992 g/mol. The topological polar surface area (TPSA) is 194 Å². The molecule has 22 heteroatoms. The minimum absolute atomic E-state index is 0. The number of ketones is 1. The zero-order valence-corrected chi connectivity index (χ0v) is 41.6. The van der Waals surface area contributed by atoms with E-state index < -0.39 is 60.3 Å². The van der Waals surface area contributed by atoms with Crippen molar-refractivity contribution in [3.05, 3.63) is 129 Å². The summed E-state index contributed by atoms with van der Waals surface area (Å²) in [6, 6.07) is 16.2. The van der Waals surface area contributed by atoms with E-state index in [2.05, 4.69) is 21.3 Å². The molecule has 2 spiro atoms. The molecular weight excluding hydrogens is 938 g/mol. The van der Waals surface area contributed by atoms with E-state index in [1.165, 1.54) is 60.7 Å². The molecule has 4 heterocycles. The fourth-order valence-corrected chi connectivity index (χ4v) is 10.6. The molecule has 0 bridgehead atoms. The minimum Gasteiger partial charge on any atom is -1.00 e. The number of piperidine rings is 2. The van der Waals surface area contributed by atoms with Gasteiger partial charge in [0.05, 0.1) is 17.6 Å². The van der Waals surface area contributed by atoms with Gasteiger partial charge in [0.1, 0.15) is 23.3 Å². The van der Waals surface area contributed by atoms with Gasteiger partial charge in [0.2, 0.25) is 0 Å². The van der Waals surface area contributed by atoms with Gasteiger partial charge in [-0.25, -0.2) is 44.0 Å². The molecule has 68 heavy (non-hydrogen) atoms. The summed E-state index contributed by atoms with van der Waals surface area (Å²) >= 11 is 0. The SMILES string of the molecule is CS(=O)(=O)Cc1cc(CNC(=O)N2CCC3(CC2)CC(=O)c2cc(F)ccc2N3)ccc1F.CS(=O)(=O)Cc1cc(CNC(=O)N2CCC3(CC2)CC(O)c2cc(F)ccc2N3)ccc1F.[B].[H-].[Na+]. The molecule has 4 aliphatic heterocycles. The summed E-state index contributed by atoms with van der Waals surface area (Å²) in [5.41, 5.74) is 2.77. The predicted octanol–water partition coefficient (Wildman–Crippen LogP) is 3.09. The summed E-state index contributed by atoms with van der Waals surface area (Å²) in [7, 11) is -6.77. The molecule has 1 atom stereocenters. The Morgan fingerprint density at radius 1 is 0.691 bits per heavy atom. The number of aliphatic hydroxyl groups excluding tert-OH is 1. The number of fused-ring (bicyclic) bond motifs is 2. The van der Waals surface area contributed by atoms with Crippen LogP contribution in [-0.2, 0) is 44.3 Å². The Morgan fingerprint density at radius 3 is 1.62 bits per heavy atom. The summed E-state index contributed by atoms with van der Waals surface area (Å²) in [5.74, 6) is -2.95. The van der Waals surface area contributed by atoms with Gasteiger partial charge in [-0.05, 0) is 85.3 Å². The Labute approximate surface area is 419 Å². The number of likely N-dealkylation sites (tertiary alicyclic amines) is 2. The number of rotatable bonds is 8. The molecule has 0 aliphatic carbocycles. The molecule has 0 saturated carbocycles. The second-order valence-corrected chi connectivity index (χ2v) is 22.1. The number of hydrogen-bond acceptors (Lipinski definition) is 10. The molecule has 4 aromatic carbocycles. The summed E-state index contributed by atoms with van der Waals surface area (Å²) in [6.07, 6.45) is 4.39. The smallest absolute Gasteiger partial charge is 1.00 e. The molecular formula is C46H53BF4N6NaO8S2. The van der Waals surface area contributed by atoms with Crippen LogP contribution < -0.4 is 50.8 Å². The van der Waals surface area contributed by atoms with Crippen molar-refractivity contribution in [3.8, 4) is 0 Å². The van der Waals surface area contributed by atoms with Crippen LogP contribution >= 0.6 is 0 Å². The largest absolute Gasteiger partial charge is 1.00 e. The van der Waals surface area contributed by atoms with Crippen molar-refractivity contribution >= 4 is 57.3 Å². The number of sulfone groups is 2. The number of nitrogens with zero attached hydrogens (tertiary/aromatic N) is 2. The quantitative estimate of drug-likeness (QED) is 0.130. The molecule has 8 rings (SSSR count). The number of Topliss-reactive ketones (excluding diaryl/α,β-unsaturated/α-hetero) is 1. The molecule has 3 radical (unpaired) electrons. The Morgan fingerprint density at radius 2 is 1.13 bits per heavy atom. The fourth-order valence-electron chi connectivity index (χ4n) is 9.08. The molecule has 4 aliphatic rings. The van der Waals surface area contributed by atoms with Crippen molar-refractivity contribution in [3.63, 3.8) is 0 Å². The van der Waals surface area contributed by atoms with E-state index in [1.54, 1.807) is 21.9 Å². The molecule has 5 N–H and O–H groups in total. The van der Waals surface area contributed by atoms with Gasteiger partial charge in [0.25, 0.3) is 0 Å². The van der Waals surface area contributed by atoms with Gasteiger partial charge in [-0.1, -0.05) is 24.3 Å². The molecule has 14 nitrogen and oxygen atoms in total. The summed E-state index contributed by atoms with van der Waals surface area (Å²) < 4.78 is 101. The number of anilines is 2. The first-order chi connectivity index (χ1) is 31.1. The van der Waals surface area contributed by atoms with Gasteiger partial charge >= 0.3 is 41.6 Å². The normalized spacial score (nSPS) is 18.0. The third-order valence-electron chi connectivity index (χ3n) is 12.5. The molecule has 4 aromatic rings. The summed E-state index contributed by atoms with van der Waals surface area (Å²) in [5, 5.41) is 23.0. The molecule has 0 aromatic heterocycles. The van der Waals surface area contributed by atoms with Gasteiger partial charge in [-0.3, -0.25) is 4.79 Å². The zero-order chi connectivity index (χ0) is 47.6. The van der Waals surface area contributed by atoms with Gasteiger partial charge in [-0.15, -0.1) is 0 Å². The standard InChI is InChI=1S/C23H27F2N3O4S.C23H25F2N3O4S.B.Na.H/c2*1-33(31,32)14-16-10-15(2-4-19(16)25)13-26-22(30)28-8-6-23(7-9-28)12-21(29)18-11-17(24)3-5-20(18)27-23;;;/h2-5,10-11,21,27,29H,6-9,12-14H2,1H3,(H,26,30);2-5,10-11,27H,6-9,12-14H2,1H3,(H,26,30);;;/q;;;+1;-1. The summed E-state index contributed by atoms with van der Waals surface area (Å²) in [4.78, 5) is 41.2. The van der Waals surface area contributed by atoms with Gasteiger partial charge in [0, 0.05) is 118 Å². The van der Waals surface area contributed by atoms with Crippen LogP contribution in [-0.4, -0.2) is 108 Å². The predicted molar refractivity (Wildman–Crippen MR) is 247 cm³/mol. The number of benzene rings is 4. The molecule has 2 fully saturated rings. The number of carbonyl (C=O) groups excluding carboxylic acids is 3. The maximum Gasteiger partial charge on any atom is 1.00 e. The molecule has 2 saturated heterocycles. The van der Waals surface area contributed by atoms with Gasteiger partial charge < -0.3 is 37.6 Å². The van der Waals surface area contributed by atoms with Crippen LogP contribution in [0.4, 0.5) is 38.5 Å². The number of nitrogens with one attached hydrogen (secondary N) is 4. The van der Waals surface area contributed by atoms with Crippen LogP contribution in [0.25, 0.3) is 0 Å². The Kier molecular flexibility index (Phi) is 17.5. The van der Waals surface area contributed by atoms with Crippen molar-refractivity contribution in [2.24, 2.45) is 0 Å². The third-order valence-corrected chi connectivity index (χ3v) is 14.2. The van der Waals surface area contributed by atoms with Crippen LogP contribution in [0.3, 0.4) is 0 Å². The number of amides is 4. The van der Waals surface area contributed by atoms with Crippen LogP contribution in [0.1, 0.15) is 84.2 Å². The maximum atomic E-state index is 13.9. The van der Waals surface area contributed by atoms with Crippen molar-refractivity contribution in [1.29, 1.82) is 0 Å². The number of urea groups is 2. The first kappa shape index (κ1) is 54.3. The summed E-state index contributed by atoms with van der Waals surface area (Å²) in [6.45, 7) is 2.10. The number of halogens is 4. The first-order valence-electron chi connectivity index (χ1n) is 21.4. The van der Waals surface area contributed by atoms with E-state index in [4.69, 9.17) is 0 Å². The van der Waals surface area contributed by atoms with E-state index in [1.807, 2.05) is 0 Å². The second kappa shape index (κ2) is 22.0. The van der Waals surface area contributed by atoms with Crippen LogP contribution in [0.5, 0.6) is 0 Å². The van der Waals surface area contributed by atoms with Gasteiger partial charge in [-0.2, -0.15) is 0 Å². The fraction of sp³-hybridized carbons (Fsp3) is 0.413. The van der Waals surface area contributed by atoms with Crippen molar-refractivity contribution < 1.29 is 84.9 Å². The third kappa shape index (κ3) is 13.8. The molecule has 4 amide bonds. The maximum absolute atomic E-state index is 13.9. The van der Waals surface area contributed by atoms with Crippen LogP contribution in [0.2, 0.25) is 0 Å². The second-order valence-electron chi connectivity index (χ2n) is 17.8. The van der Waals surface area contributed by atoms with Crippen LogP contribution in [0.15, 0.2) is 72.8 Å². The van der Waals surface area contributed by atoms with E-state index in [0.29, 0.717) is 91.9 Å². The van der Waals surface area contributed by atoms with E-state index in [0.717, 1.165) is 12.5 Å². The Hall–Kier alpha value is -4.67. The van der Waals surface area contributed by atoms with Crippen LogP contribution in [0, 0.1) is 23.3 Å². The zero-order valence-electron chi connectivity index (χ0n) is 39.0. The van der Waals surface area contributed by atoms with E-state index in [-0.39, 0.29) is 99.2 Å². The first-order valence-corrected chi connectivity index (χ1v) is 25.5. The monoisotopic (exact) mass is 991 g/mol. The molecule has 359 valence electrons. The van der Waals surface area contributed by atoms with E-state index in [9.17, 15) is 53.9 Å². The minimum atomic E-state index is -3.39. The van der Waals surface area contributed by atoms with E-state index >= 15 is 0 Å². The Bertz CT molecular complexity index is 2770. The number of hydrogen-bond donors (Lipinski definition) is 5. The van der Waals surface area contributed by atoms with Crippen molar-refractivity contribution in [2.75, 3.05) is 49.3 Å².